The molecule has 0 aliphatic heterocycles. The zero-order valence-electron chi connectivity index (χ0n) is 14.8. The van der Waals surface area contributed by atoms with E-state index in [4.69, 9.17) is 4.74 Å². The fourth-order valence-electron chi connectivity index (χ4n) is 2.48. The van der Waals surface area contributed by atoms with E-state index in [1.54, 1.807) is 18.2 Å². The Hall–Kier alpha value is -4.00. The Kier molecular flexibility index (Phi) is 6.10. The first-order valence-electron chi connectivity index (χ1n) is 8.47. The number of benzene rings is 3. The summed E-state index contributed by atoms with van der Waals surface area (Å²) in [6.45, 7) is 0.440. The lowest BCUT2D eigenvalue weighted by Crippen LogP contribution is -2.18. The molecule has 0 aliphatic carbocycles. The van der Waals surface area contributed by atoms with Crippen molar-refractivity contribution in [3.63, 3.8) is 0 Å². The third-order valence-corrected chi connectivity index (χ3v) is 3.83. The minimum atomic E-state index is -0.653. The summed E-state index contributed by atoms with van der Waals surface area (Å²) in [6, 6.07) is 22.7. The summed E-state index contributed by atoms with van der Waals surface area (Å²) in [5.74, 6) is 0.0119. The Morgan fingerprint density at radius 1 is 1.04 bits per heavy atom. The molecule has 0 radical (unpaired) electrons. The SMILES string of the molecule is O=C(N/N=C\c1cccc(OCc2ccccc2)c1)c1ccccc1[N+](=O)[O-]. The van der Waals surface area contributed by atoms with E-state index in [-0.39, 0.29) is 11.3 Å². The van der Waals surface area contributed by atoms with Gasteiger partial charge in [0, 0.05) is 6.07 Å². The van der Waals surface area contributed by atoms with E-state index in [0.29, 0.717) is 17.9 Å². The van der Waals surface area contributed by atoms with Crippen LogP contribution in [0.4, 0.5) is 5.69 Å². The van der Waals surface area contributed by atoms with Crippen LogP contribution >= 0.6 is 0 Å². The molecule has 0 saturated carbocycles. The van der Waals surface area contributed by atoms with Gasteiger partial charge in [-0.2, -0.15) is 5.10 Å². The van der Waals surface area contributed by atoms with E-state index in [1.807, 2.05) is 42.5 Å². The number of hydrazone groups is 1. The van der Waals surface area contributed by atoms with Crippen LogP contribution in [-0.2, 0) is 6.61 Å². The molecule has 28 heavy (non-hydrogen) atoms. The molecule has 0 fully saturated rings. The predicted molar refractivity (Wildman–Crippen MR) is 105 cm³/mol. The smallest absolute Gasteiger partial charge is 0.282 e. The predicted octanol–water partition coefficient (Wildman–Crippen LogP) is 3.94. The second-order valence-electron chi connectivity index (χ2n) is 5.82. The molecular weight excluding hydrogens is 358 g/mol. The molecule has 0 bridgehead atoms. The highest BCUT2D eigenvalue weighted by molar-refractivity contribution is 5.98. The first kappa shape index (κ1) is 18.8. The molecule has 7 nitrogen and oxygen atoms in total. The molecule has 1 N–H and O–H groups in total. The average Bonchev–Trinajstić information content (AvgIpc) is 2.73. The Balaban J connectivity index is 1.62. The van der Waals surface area contributed by atoms with Gasteiger partial charge in [0.25, 0.3) is 11.6 Å². The van der Waals surface area contributed by atoms with Crippen molar-refractivity contribution in [1.29, 1.82) is 0 Å². The molecule has 3 aromatic rings. The van der Waals surface area contributed by atoms with Crippen LogP contribution in [0.25, 0.3) is 0 Å². The monoisotopic (exact) mass is 375 g/mol. The van der Waals surface area contributed by atoms with Crippen LogP contribution in [0.1, 0.15) is 21.5 Å². The van der Waals surface area contributed by atoms with Gasteiger partial charge in [-0.15, -0.1) is 0 Å². The molecule has 0 atom stereocenters. The number of hydrogen-bond acceptors (Lipinski definition) is 5. The molecule has 1 amide bonds. The summed E-state index contributed by atoms with van der Waals surface area (Å²) in [5.41, 5.74) is 3.75. The third-order valence-electron chi connectivity index (χ3n) is 3.83. The summed E-state index contributed by atoms with van der Waals surface area (Å²) in [7, 11) is 0. The number of rotatable bonds is 7. The lowest BCUT2D eigenvalue weighted by atomic mass is 10.2. The number of nitro groups is 1. The van der Waals surface area contributed by atoms with E-state index in [1.165, 1.54) is 24.4 Å². The van der Waals surface area contributed by atoms with Gasteiger partial charge in [-0.1, -0.05) is 54.6 Å². The van der Waals surface area contributed by atoms with Gasteiger partial charge in [-0.3, -0.25) is 14.9 Å². The Morgan fingerprint density at radius 2 is 1.79 bits per heavy atom. The molecule has 7 heteroatoms. The highest BCUT2D eigenvalue weighted by Crippen LogP contribution is 2.17. The zero-order chi connectivity index (χ0) is 19.8. The van der Waals surface area contributed by atoms with Crippen molar-refractivity contribution in [1.82, 2.24) is 5.43 Å². The number of carbonyl (C=O) groups is 1. The van der Waals surface area contributed by atoms with Gasteiger partial charge in [0.1, 0.15) is 17.9 Å². The number of nitrogens with one attached hydrogen (secondary N) is 1. The minimum Gasteiger partial charge on any atom is -0.489 e. The summed E-state index contributed by atoms with van der Waals surface area (Å²) in [4.78, 5) is 22.5. The van der Waals surface area contributed by atoms with Gasteiger partial charge in [0.2, 0.25) is 0 Å². The van der Waals surface area contributed by atoms with Crippen molar-refractivity contribution >= 4 is 17.8 Å². The molecule has 3 aromatic carbocycles. The fraction of sp³-hybridized carbons (Fsp3) is 0.0476. The molecule has 3 rings (SSSR count). The van der Waals surface area contributed by atoms with Crippen molar-refractivity contribution in [3.8, 4) is 5.75 Å². The molecule has 140 valence electrons. The van der Waals surface area contributed by atoms with Crippen LogP contribution < -0.4 is 10.2 Å². The number of carbonyl (C=O) groups excluding carboxylic acids is 1. The average molecular weight is 375 g/mol. The molecule has 0 spiro atoms. The van der Waals surface area contributed by atoms with Crippen LogP contribution in [0.15, 0.2) is 84.0 Å². The Morgan fingerprint density at radius 3 is 2.57 bits per heavy atom. The van der Waals surface area contributed by atoms with E-state index >= 15 is 0 Å². The van der Waals surface area contributed by atoms with Crippen LogP contribution in [0.2, 0.25) is 0 Å². The van der Waals surface area contributed by atoms with Crippen molar-refractivity contribution in [2.75, 3.05) is 0 Å². The maximum absolute atomic E-state index is 12.1. The normalized spacial score (nSPS) is 10.6. The highest BCUT2D eigenvalue weighted by Gasteiger charge is 2.18. The van der Waals surface area contributed by atoms with Gasteiger partial charge in [0.05, 0.1) is 11.1 Å². The van der Waals surface area contributed by atoms with Gasteiger partial charge in [-0.05, 0) is 29.3 Å². The van der Waals surface area contributed by atoms with Gasteiger partial charge in [0.15, 0.2) is 0 Å². The second kappa shape index (κ2) is 9.09. The number of ether oxygens (including phenoxy) is 1. The highest BCUT2D eigenvalue weighted by atomic mass is 16.6. The van der Waals surface area contributed by atoms with Crippen LogP contribution in [-0.4, -0.2) is 17.0 Å². The number of hydrogen-bond donors (Lipinski definition) is 1. The fourth-order valence-corrected chi connectivity index (χ4v) is 2.48. The van der Waals surface area contributed by atoms with Crippen molar-refractivity contribution < 1.29 is 14.5 Å². The first-order valence-corrected chi connectivity index (χ1v) is 8.47. The van der Waals surface area contributed by atoms with Crippen LogP contribution in [0.5, 0.6) is 5.75 Å². The van der Waals surface area contributed by atoms with Gasteiger partial charge < -0.3 is 4.74 Å². The van der Waals surface area contributed by atoms with Crippen LogP contribution in [0, 0.1) is 10.1 Å². The standard InChI is InChI=1S/C21H17N3O4/c25-21(19-11-4-5-12-20(19)24(26)27)23-22-14-17-9-6-10-18(13-17)28-15-16-7-2-1-3-8-16/h1-14H,15H2,(H,23,25)/b22-14-. The van der Waals surface area contributed by atoms with Crippen molar-refractivity contribution in [3.05, 3.63) is 106 Å². The van der Waals surface area contributed by atoms with Crippen LogP contribution in [0.3, 0.4) is 0 Å². The number of amides is 1. The Labute approximate surface area is 161 Å². The van der Waals surface area contributed by atoms with E-state index in [2.05, 4.69) is 10.5 Å². The van der Waals surface area contributed by atoms with E-state index in [0.717, 1.165) is 5.56 Å². The van der Waals surface area contributed by atoms with E-state index in [9.17, 15) is 14.9 Å². The first-order chi connectivity index (χ1) is 13.6. The van der Waals surface area contributed by atoms with E-state index < -0.39 is 10.8 Å². The largest absolute Gasteiger partial charge is 0.489 e. The zero-order valence-corrected chi connectivity index (χ0v) is 14.8. The van der Waals surface area contributed by atoms with Crippen molar-refractivity contribution in [2.45, 2.75) is 6.61 Å². The Bertz CT molecular complexity index is 1000. The molecular formula is C21H17N3O4. The maximum atomic E-state index is 12.1. The van der Waals surface area contributed by atoms with Crippen molar-refractivity contribution in [2.24, 2.45) is 5.10 Å². The molecule has 0 aromatic heterocycles. The second-order valence-corrected chi connectivity index (χ2v) is 5.82. The lowest BCUT2D eigenvalue weighted by Gasteiger charge is -2.06. The minimum absolute atomic E-state index is 0.0513. The number of nitro benzene ring substituents is 1. The molecule has 0 saturated heterocycles. The topological polar surface area (TPSA) is 93.8 Å². The lowest BCUT2D eigenvalue weighted by molar-refractivity contribution is -0.385. The molecule has 0 unspecified atom stereocenters. The summed E-state index contributed by atoms with van der Waals surface area (Å²) >= 11 is 0. The number of para-hydroxylation sites is 1. The summed E-state index contributed by atoms with van der Waals surface area (Å²) < 4.78 is 5.75. The molecule has 0 heterocycles. The molecule has 0 aliphatic rings. The maximum Gasteiger partial charge on any atom is 0.282 e. The number of nitrogens with zero attached hydrogens (tertiary/aromatic N) is 2. The summed E-state index contributed by atoms with van der Waals surface area (Å²) in [6.07, 6.45) is 1.45. The van der Waals surface area contributed by atoms with Gasteiger partial charge >= 0.3 is 0 Å². The summed E-state index contributed by atoms with van der Waals surface area (Å²) in [5, 5.41) is 14.9. The quantitative estimate of drug-likeness (QED) is 0.384. The third kappa shape index (κ3) is 5.01. The van der Waals surface area contributed by atoms with Gasteiger partial charge in [-0.25, -0.2) is 5.43 Å².